The maximum absolute atomic E-state index is 14.7. The topological polar surface area (TPSA) is 81.2 Å². The zero-order valence-corrected chi connectivity index (χ0v) is 25.4. The van der Waals surface area contributed by atoms with Gasteiger partial charge in [-0.1, -0.05) is 85.0 Å². The van der Waals surface area contributed by atoms with E-state index in [0.717, 1.165) is 28.4 Å². The van der Waals surface area contributed by atoms with Crippen LogP contribution < -0.4 is 4.90 Å². The maximum atomic E-state index is 14.7. The van der Waals surface area contributed by atoms with Crippen LogP contribution in [-0.4, -0.2) is 74.9 Å². The minimum atomic E-state index is -0.845. The fourth-order valence-corrected chi connectivity index (χ4v) is 9.53. The van der Waals surface area contributed by atoms with E-state index in [-0.39, 0.29) is 29.6 Å². The molecule has 7 nitrogen and oxygen atoms in total. The quantitative estimate of drug-likeness (QED) is 0.294. The summed E-state index contributed by atoms with van der Waals surface area (Å²) in [4.78, 5) is 49.0. The molecule has 5 atom stereocenters. The van der Waals surface area contributed by atoms with Crippen LogP contribution in [0.5, 0.6) is 0 Å². The molecule has 0 bridgehead atoms. The van der Waals surface area contributed by atoms with Crippen LogP contribution in [0.25, 0.3) is 10.8 Å². The molecule has 0 aliphatic carbocycles. The molecule has 7 rings (SSSR count). The fraction of sp³-hybridized carbons (Fsp3) is 0.361. The predicted octanol–water partition coefficient (Wildman–Crippen LogP) is 4.80. The van der Waals surface area contributed by atoms with Crippen LogP contribution >= 0.6 is 11.8 Å². The van der Waals surface area contributed by atoms with E-state index in [9.17, 15) is 19.5 Å². The Balaban J connectivity index is 1.26. The lowest BCUT2D eigenvalue weighted by Gasteiger charge is -2.35. The summed E-state index contributed by atoms with van der Waals surface area (Å²) < 4.78 is -0.845. The zero-order valence-electron chi connectivity index (χ0n) is 24.6. The number of aliphatic hydroxyl groups is 1. The Labute approximate surface area is 262 Å². The molecule has 3 aromatic rings. The van der Waals surface area contributed by atoms with Crippen molar-refractivity contribution in [2.45, 2.75) is 41.8 Å². The molecular weight excluding hydrogens is 570 g/mol. The van der Waals surface area contributed by atoms with Crippen LogP contribution in [0, 0.1) is 11.8 Å². The van der Waals surface area contributed by atoms with Crippen molar-refractivity contribution in [2.75, 3.05) is 31.1 Å². The number of thioether (sulfide) groups is 1. The van der Waals surface area contributed by atoms with Crippen LogP contribution in [-0.2, 0) is 20.9 Å². The van der Waals surface area contributed by atoms with E-state index in [1.54, 1.807) is 21.6 Å². The van der Waals surface area contributed by atoms with Crippen molar-refractivity contribution in [1.82, 2.24) is 9.80 Å². The average molecular weight is 608 g/mol. The summed E-state index contributed by atoms with van der Waals surface area (Å²) in [6, 6.07) is 23.4. The molecule has 2 saturated heterocycles. The van der Waals surface area contributed by atoms with Crippen molar-refractivity contribution in [1.29, 1.82) is 0 Å². The van der Waals surface area contributed by atoms with Crippen molar-refractivity contribution in [2.24, 2.45) is 11.8 Å². The minimum Gasteiger partial charge on any atom is -0.396 e. The monoisotopic (exact) mass is 607 g/mol. The normalized spacial score (nSPS) is 27.8. The Hall–Kier alpha value is -3.88. The van der Waals surface area contributed by atoms with Crippen molar-refractivity contribution in [3.63, 3.8) is 0 Å². The van der Waals surface area contributed by atoms with Gasteiger partial charge in [0.15, 0.2) is 0 Å². The highest BCUT2D eigenvalue weighted by molar-refractivity contribution is 8.02. The van der Waals surface area contributed by atoms with Gasteiger partial charge in [0.2, 0.25) is 11.8 Å². The van der Waals surface area contributed by atoms with E-state index in [4.69, 9.17) is 0 Å². The summed E-state index contributed by atoms with van der Waals surface area (Å²) in [5, 5.41) is 11.3. The molecule has 1 unspecified atom stereocenters. The maximum Gasteiger partial charge on any atom is 0.251 e. The van der Waals surface area contributed by atoms with Crippen molar-refractivity contribution in [3.05, 3.63) is 103 Å². The van der Waals surface area contributed by atoms with Crippen LogP contribution in [0.4, 0.5) is 5.69 Å². The SMILES string of the molecule is O=C1[C@@H]2[C@H](C=CCN1Cc1ccccc1)S[C@]13C=CCN(c4ccc5ccccc5c4)C(=O)C1N(CCCCCO)C(=O)[C@H]23. The molecule has 0 radical (unpaired) electrons. The van der Waals surface area contributed by atoms with Crippen LogP contribution in [0.3, 0.4) is 0 Å². The third-order valence-electron chi connectivity index (χ3n) is 9.56. The van der Waals surface area contributed by atoms with Gasteiger partial charge in [-0.05, 0) is 47.7 Å². The molecule has 8 heteroatoms. The van der Waals surface area contributed by atoms with E-state index in [1.807, 2.05) is 83.8 Å². The zero-order chi connectivity index (χ0) is 30.3. The van der Waals surface area contributed by atoms with Gasteiger partial charge < -0.3 is 19.8 Å². The number of amides is 3. The number of hydrogen-bond donors (Lipinski definition) is 1. The number of rotatable bonds is 8. The molecule has 2 fully saturated rings. The lowest BCUT2D eigenvalue weighted by atomic mass is 9.78. The summed E-state index contributed by atoms with van der Waals surface area (Å²) in [7, 11) is 0. The smallest absolute Gasteiger partial charge is 0.251 e. The lowest BCUT2D eigenvalue weighted by Crippen LogP contribution is -2.53. The molecule has 226 valence electrons. The van der Waals surface area contributed by atoms with Gasteiger partial charge in [-0.15, -0.1) is 11.8 Å². The fourth-order valence-electron chi connectivity index (χ4n) is 7.52. The van der Waals surface area contributed by atoms with Crippen LogP contribution in [0.15, 0.2) is 97.1 Å². The molecule has 4 heterocycles. The predicted molar refractivity (Wildman–Crippen MR) is 174 cm³/mol. The first-order valence-corrected chi connectivity index (χ1v) is 16.5. The number of likely N-dealkylation sites (tertiary alicyclic amines) is 1. The molecular formula is C36H37N3O4S. The third kappa shape index (κ3) is 4.85. The Morgan fingerprint density at radius 1 is 0.818 bits per heavy atom. The van der Waals surface area contributed by atoms with Gasteiger partial charge in [-0.2, -0.15) is 0 Å². The molecule has 3 aromatic carbocycles. The van der Waals surface area contributed by atoms with Crippen molar-refractivity contribution in [3.8, 4) is 0 Å². The molecule has 3 amide bonds. The highest BCUT2D eigenvalue weighted by Gasteiger charge is 2.70. The Kier molecular flexibility index (Phi) is 7.81. The summed E-state index contributed by atoms with van der Waals surface area (Å²) in [6.07, 6.45) is 10.3. The third-order valence-corrected chi connectivity index (χ3v) is 11.3. The van der Waals surface area contributed by atoms with E-state index in [2.05, 4.69) is 18.2 Å². The highest BCUT2D eigenvalue weighted by atomic mass is 32.2. The summed E-state index contributed by atoms with van der Waals surface area (Å²) >= 11 is 1.62. The first-order valence-electron chi connectivity index (χ1n) is 15.6. The first kappa shape index (κ1) is 28.9. The van der Waals surface area contributed by atoms with Gasteiger partial charge >= 0.3 is 0 Å². The van der Waals surface area contributed by atoms with Crippen LogP contribution in [0.2, 0.25) is 0 Å². The van der Waals surface area contributed by atoms with Gasteiger partial charge in [0.1, 0.15) is 6.04 Å². The lowest BCUT2D eigenvalue weighted by molar-refractivity contribution is -0.143. The number of aliphatic hydroxyl groups excluding tert-OH is 1. The molecule has 0 saturated carbocycles. The van der Waals surface area contributed by atoms with E-state index < -0.39 is 22.6 Å². The van der Waals surface area contributed by atoms with Crippen molar-refractivity contribution < 1.29 is 19.5 Å². The van der Waals surface area contributed by atoms with Crippen LogP contribution in [0.1, 0.15) is 24.8 Å². The number of carbonyl (C=O) groups excluding carboxylic acids is 3. The highest BCUT2D eigenvalue weighted by Crippen LogP contribution is 2.61. The largest absolute Gasteiger partial charge is 0.396 e. The molecule has 4 aliphatic rings. The minimum absolute atomic E-state index is 0.0241. The number of benzene rings is 3. The van der Waals surface area contributed by atoms with E-state index in [1.165, 1.54) is 0 Å². The van der Waals surface area contributed by atoms with Gasteiger partial charge in [-0.25, -0.2) is 0 Å². The number of unbranched alkanes of at least 4 members (excludes halogenated alkanes) is 2. The van der Waals surface area contributed by atoms with Gasteiger partial charge in [0.05, 0.1) is 16.6 Å². The second-order valence-corrected chi connectivity index (χ2v) is 13.7. The van der Waals surface area contributed by atoms with E-state index in [0.29, 0.717) is 39.0 Å². The number of fused-ring (bicyclic) bond motifs is 3. The average Bonchev–Trinajstić information content (AvgIpc) is 3.36. The number of anilines is 1. The number of hydrogen-bond acceptors (Lipinski definition) is 5. The second-order valence-electron chi connectivity index (χ2n) is 12.2. The second kappa shape index (κ2) is 11.9. The Morgan fingerprint density at radius 2 is 1.61 bits per heavy atom. The molecule has 1 N–H and O–H groups in total. The first-order chi connectivity index (χ1) is 21.5. The van der Waals surface area contributed by atoms with Gasteiger partial charge in [-0.3, -0.25) is 14.4 Å². The Morgan fingerprint density at radius 3 is 2.43 bits per heavy atom. The number of carbonyl (C=O) groups is 3. The Bertz CT molecular complexity index is 1640. The van der Waals surface area contributed by atoms with Crippen molar-refractivity contribution >= 4 is 45.9 Å². The summed E-state index contributed by atoms with van der Waals surface area (Å²) in [6.45, 7) is 1.88. The van der Waals surface area contributed by atoms with Gasteiger partial charge in [0.25, 0.3) is 5.91 Å². The molecule has 44 heavy (non-hydrogen) atoms. The number of nitrogens with zero attached hydrogens (tertiary/aromatic N) is 3. The molecule has 1 spiro atoms. The summed E-state index contributed by atoms with van der Waals surface area (Å²) in [5.74, 6) is -1.43. The van der Waals surface area contributed by atoms with Gasteiger partial charge in [0, 0.05) is 43.7 Å². The van der Waals surface area contributed by atoms with E-state index >= 15 is 0 Å². The molecule has 4 aliphatic heterocycles. The standard InChI is InChI=1S/C36H37N3O4S/c40-22-8-2-7-20-39-32-35(43)38(28-17-16-26-13-5-6-14-27(26)23-28)21-10-18-36(32)31(34(39)42)30-29(44-36)15-9-19-37(33(30)41)24-25-11-3-1-4-12-25/h1,3-6,9-18,23,29-32,40H,2,7-8,19-22,24H2/t29-,30+,31-,32?,36-/m0/s1. The summed E-state index contributed by atoms with van der Waals surface area (Å²) in [5.41, 5.74) is 1.85. The molecule has 0 aromatic heterocycles.